The number of rotatable bonds is 10. The average Bonchev–Trinajstić information content (AvgIpc) is 3.81. The molecule has 0 unspecified atom stereocenters. The van der Waals surface area contributed by atoms with E-state index in [4.69, 9.17) is 32.8 Å². The standard InChI is InChI=1S/C25H24B3N7O5/c1-12(36)33-24(8-9-24)23-32-22(40-35-23)14-4-3-5-16(19(14)39-2)30-17-10-18(31-20(37)13-6-7-13)29-11-15(17)21(38)34-25(26,27)28/h3-5,10-11,13H,6-9H2,1-2H3,(H,33,36)(H,34,38)(H2,29,30,31,37). The van der Waals surface area contributed by atoms with E-state index in [9.17, 15) is 14.4 Å². The molecule has 0 aliphatic heterocycles. The van der Waals surface area contributed by atoms with Crippen LogP contribution in [0.5, 0.6) is 5.75 Å². The third kappa shape index (κ3) is 5.97. The van der Waals surface area contributed by atoms with Gasteiger partial charge in [-0.2, -0.15) is 4.98 Å². The number of nitrogens with zero attached hydrogens (tertiary/aromatic N) is 3. The molecule has 6 radical (unpaired) electrons. The Kier molecular flexibility index (Phi) is 7.07. The fraction of sp³-hybridized carbons (Fsp3) is 0.360. The van der Waals surface area contributed by atoms with E-state index in [2.05, 4.69) is 36.4 Å². The van der Waals surface area contributed by atoms with Gasteiger partial charge < -0.3 is 30.5 Å². The molecule has 2 saturated carbocycles. The van der Waals surface area contributed by atoms with Crippen LogP contribution in [0.15, 0.2) is 35.0 Å². The lowest BCUT2D eigenvalue weighted by Gasteiger charge is -2.23. The van der Waals surface area contributed by atoms with Crippen molar-refractivity contribution in [2.45, 2.75) is 43.4 Å². The van der Waals surface area contributed by atoms with Crippen molar-refractivity contribution in [1.82, 2.24) is 25.8 Å². The smallest absolute Gasteiger partial charge is 0.261 e. The number of benzene rings is 1. The number of hydrogen-bond donors (Lipinski definition) is 4. The minimum absolute atomic E-state index is 0.0497. The first-order valence-electron chi connectivity index (χ1n) is 12.6. The second kappa shape index (κ2) is 10.4. The van der Waals surface area contributed by atoms with Crippen molar-refractivity contribution in [1.29, 1.82) is 0 Å². The van der Waals surface area contributed by atoms with Crippen LogP contribution in [-0.4, -0.2) is 68.7 Å². The molecule has 198 valence electrons. The molecule has 40 heavy (non-hydrogen) atoms. The van der Waals surface area contributed by atoms with Gasteiger partial charge in [-0.1, -0.05) is 16.5 Å². The molecule has 3 amide bonds. The summed E-state index contributed by atoms with van der Waals surface area (Å²) in [6, 6.07) is 6.67. The Labute approximate surface area is 234 Å². The fourth-order valence-electron chi connectivity index (χ4n) is 4.21. The number of para-hydroxylation sites is 1. The molecule has 2 aliphatic rings. The van der Waals surface area contributed by atoms with Gasteiger partial charge in [0.2, 0.25) is 11.8 Å². The Bertz CT molecular complexity index is 1480. The van der Waals surface area contributed by atoms with Gasteiger partial charge in [-0.05, 0) is 37.8 Å². The summed E-state index contributed by atoms with van der Waals surface area (Å²) in [4.78, 5) is 45.6. The number of carbonyl (C=O) groups excluding carboxylic acids is 3. The number of anilines is 3. The third-order valence-corrected chi connectivity index (χ3v) is 6.42. The Balaban J connectivity index is 1.48. The predicted octanol–water partition coefficient (Wildman–Crippen LogP) is 1.20. The lowest BCUT2D eigenvalue weighted by atomic mass is 9.49. The van der Waals surface area contributed by atoms with Crippen molar-refractivity contribution in [2.75, 3.05) is 17.7 Å². The van der Waals surface area contributed by atoms with Crippen LogP contribution >= 0.6 is 0 Å². The van der Waals surface area contributed by atoms with Gasteiger partial charge in [-0.15, -0.1) is 0 Å². The molecule has 3 aromatic rings. The highest BCUT2D eigenvalue weighted by atomic mass is 16.5. The van der Waals surface area contributed by atoms with Gasteiger partial charge in [0.1, 0.15) is 11.4 Å². The maximum absolute atomic E-state index is 12.9. The van der Waals surface area contributed by atoms with Gasteiger partial charge in [-0.25, -0.2) is 4.98 Å². The Hall–Kier alpha value is -4.29. The lowest BCUT2D eigenvalue weighted by Crippen LogP contribution is -2.50. The zero-order valence-electron chi connectivity index (χ0n) is 21.9. The van der Waals surface area contributed by atoms with Crippen molar-refractivity contribution in [3.63, 3.8) is 0 Å². The molecule has 0 atom stereocenters. The van der Waals surface area contributed by atoms with Crippen LogP contribution in [-0.2, 0) is 15.1 Å². The van der Waals surface area contributed by atoms with Crippen LogP contribution in [0.4, 0.5) is 17.2 Å². The van der Waals surface area contributed by atoms with E-state index in [0.717, 1.165) is 12.8 Å². The predicted molar refractivity (Wildman–Crippen MR) is 147 cm³/mol. The summed E-state index contributed by atoms with van der Waals surface area (Å²) in [7, 11) is 18.2. The van der Waals surface area contributed by atoms with Crippen LogP contribution in [0, 0.1) is 5.92 Å². The van der Waals surface area contributed by atoms with Crippen molar-refractivity contribution in [2.24, 2.45) is 5.92 Å². The molecule has 15 heteroatoms. The van der Waals surface area contributed by atoms with Crippen molar-refractivity contribution < 1.29 is 23.6 Å². The summed E-state index contributed by atoms with van der Waals surface area (Å²) in [5, 5.41) is 13.2. The first-order valence-corrected chi connectivity index (χ1v) is 12.6. The van der Waals surface area contributed by atoms with Crippen LogP contribution in [0.3, 0.4) is 0 Å². The highest BCUT2D eigenvalue weighted by Gasteiger charge is 2.49. The SMILES string of the molecule is [B]C([B])([B])NC(=O)c1cnc(NC(=O)C2CC2)cc1Nc1cccc(-c2nc(C3(NC(C)=O)CC3)no2)c1OC. The van der Waals surface area contributed by atoms with Crippen molar-refractivity contribution in [3.8, 4) is 17.2 Å². The summed E-state index contributed by atoms with van der Waals surface area (Å²) in [5.41, 5.74) is 0.571. The van der Waals surface area contributed by atoms with Gasteiger partial charge in [0.15, 0.2) is 11.6 Å². The Morgan fingerprint density at radius 1 is 1.15 bits per heavy atom. The molecule has 2 aromatic heterocycles. The first kappa shape index (κ1) is 27.3. The lowest BCUT2D eigenvalue weighted by molar-refractivity contribution is -0.120. The summed E-state index contributed by atoms with van der Waals surface area (Å²) in [6.07, 6.45) is 4.30. The largest absolute Gasteiger partial charge is 0.494 e. The number of aromatic nitrogens is 3. The number of ether oxygens (including phenoxy) is 1. The number of hydrogen-bond acceptors (Lipinski definition) is 9. The van der Waals surface area contributed by atoms with Gasteiger partial charge in [0.25, 0.3) is 11.8 Å². The van der Waals surface area contributed by atoms with E-state index >= 15 is 0 Å². The molecular formula is C25H24B3N7O5. The first-order chi connectivity index (χ1) is 19.0. The van der Waals surface area contributed by atoms with E-state index in [1.807, 2.05) is 0 Å². The maximum atomic E-state index is 12.9. The molecule has 12 nitrogen and oxygen atoms in total. The average molecular weight is 535 g/mol. The Morgan fingerprint density at radius 3 is 2.52 bits per heavy atom. The van der Waals surface area contributed by atoms with Crippen molar-refractivity contribution >= 4 is 58.5 Å². The molecule has 0 spiro atoms. The van der Waals surface area contributed by atoms with Crippen molar-refractivity contribution in [3.05, 3.63) is 41.9 Å². The van der Waals surface area contributed by atoms with Gasteiger partial charge in [-0.3, -0.25) is 14.4 Å². The quantitative estimate of drug-likeness (QED) is 0.280. The van der Waals surface area contributed by atoms with Crippen LogP contribution in [0.25, 0.3) is 11.5 Å². The topological polar surface area (TPSA) is 160 Å². The number of nitrogens with one attached hydrogen (secondary N) is 4. The minimum Gasteiger partial charge on any atom is -0.494 e. The summed E-state index contributed by atoms with van der Waals surface area (Å²) in [5.74, 6) is 0.0255. The second-order valence-corrected chi connectivity index (χ2v) is 9.96. The normalized spacial score (nSPS) is 15.6. The zero-order chi connectivity index (χ0) is 28.7. The molecule has 4 N–H and O–H groups in total. The summed E-state index contributed by atoms with van der Waals surface area (Å²) in [6.45, 7) is 1.43. The molecular weight excluding hydrogens is 511 g/mol. The second-order valence-electron chi connectivity index (χ2n) is 9.96. The molecule has 2 heterocycles. The minimum atomic E-state index is -1.98. The zero-order valence-corrected chi connectivity index (χ0v) is 21.9. The number of amides is 3. The summed E-state index contributed by atoms with van der Waals surface area (Å²) >= 11 is 0. The number of methoxy groups -OCH3 is 1. The van der Waals surface area contributed by atoms with E-state index in [1.165, 1.54) is 26.3 Å². The van der Waals surface area contributed by atoms with Crippen LogP contribution < -0.4 is 26.0 Å². The maximum Gasteiger partial charge on any atom is 0.261 e. The summed E-state index contributed by atoms with van der Waals surface area (Å²) < 4.78 is 11.2. The van der Waals surface area contributed by atoms with Gasteiger partial charge in [0, 0.05) is 25.1 Å². The molecule has 2 fully saturated rings. The molecule has 2 aliphatic carbocycles. The van der Waals surface area contributed by atoms with E-state index < -0.39 is 16.7 Å². The molecule has 0 bridgehead atoms. The van der Waals surface area contributed by atoms with Gasteiger partial charge in [0.05, 0.1) is 53.2 Å². The monoisotopic (exact) mass is 535 g/mol. The molecule has 0 saturated heterocycles. The number of carbonyl (C=O) groups is 3. The molecule has 1 aromatic carbocycles. The molecule has 5 rings (SSSR count). The van der Waals surface area contributed by atoms with E-state index in [-0.39, 0.29) is 40.7 Å². The highest BCUT2D eigenvalue weighted by Crippen LogP contribution is 2.45. The highest BCUT2D eigenvalue weighted by molar-refractivity contribution is 6.60. The van der Waals surface area contributed by atoms with Gasteiger partial charge >= 0.3 is 0 Å². The van der Waals surface area contributed by atoms with Crippen LogP contribution in [0.2, 0.25) is 0 Å². The van der Waals surface area contributed by atoms with Crippen LogP contribution in [0.1, 0.15) is 48.8 Å². The number of pyridine rings is 1. The fourth-order valence-corrected chi connectivity index (χ4v) is 4.21. The Morgan fingerprint density at radius 2 is 1.90 bits per heavy atom. The third-order valence-electron chi connectivity index (χ3n) is 6.42. The van der Waals surface area contributed by atoms with E-state index in [1.54, 1.807) is 18.2 Å². The van der Waals surface area contributed by atoms with E-state index in [0.29, 0.717) is 35.7 Å².